The number of aromatic nitrogens is 1. The fourth-order valence-electron chi connectivity index (χ4n) is 1.42. The van der Waals surface area contributed by atoms with Crippen molar-refractivity contribution in [1.82, 2.24) is 4.57 Å². The molecule has 1 nitrogen and oxygen atoms in total. The molecule has 0 saturated heterocycles. The van der Waals surface area contributed by atoms with E-state index in [-0.39, 0.29) is 19.5 Å². The maximum Gasteiger partial charge on any atom is 2.00 e. The smallest absolute Gasteiger partial charge is 0.470 e. The van der Waals surface area contributed by atoms with E-state index in [0.717, 1.165) is 6.42 Å². The van der Waals surface area contributed by atoms with Gasteiger partial charge in [-0.25, -0.2) is 12.2 Å². The largest absolute Gasteiger partial charge is 2.00 e. The minimum atomic E-state index is 0. The first-order valence-electron chi connectivity index (χ1n) is 5.36. The first kappa shape index (κ1) is 15.4. The molecular weight excluding hydrogens is 283 g/mol. The van der Waals surface area contributed by atoms with E-state index < -0.39 is 0 Å². The third-order valence-electron chi connectivity index (χ3n) is 2.75. The average Bonchev–Trinajstić information content (AvgIpc) is 2.49. The molecule has 0 unspecified atom stereocenters. The molecule has 0 aliphatic heterocycles. The van der Waals surface area contributed by atoms with Crippen LogP contribution in [0.1, 0.15) is 29.7 Å². The van der Waals surface area contributed by atoms with Crippen molar-refractivity contribution in [3.8, 4) is 0 Å². The molecule has 2 rings (SSSR count). The minimum absolute atomic E-state index is 0. The Labute approximate surface area is 112 Å². The van der Waals surface area contributed by atoms with Crippen LogP contribution in [0.15, 0.2) is 18.2 Å². The van der Waals surface area contributed by atoms with E-state index in [4.69, 9.17) is 0 Å². The molecule has 0 radical (unpaired) electrons. The van der Waals surface area contributed by atoms with Crippen LogP contribution in [0.25, 0.3) is 0 Å². The number of nitrogens with zero attached hydrogens (tertiary/aromatic N) is 1. The summed E-state index contributed by atoms with van der Waals surface area (Å²) in [5.74, 6) is 0. The molecule has 88 valence electrons. The molecule has 1 aromatic heterocycles. The monoisotopic (exact) mass is 303 g/mol. The normalized spacial score (nSPS) is 12.8. The van der Waals surface area contributed by atoms with Crippen LogP contribution in [0, 0.1) is 33.0 Å². The average molecular weight is 302 g/mol. The molecule has 0 bridgehead atoms. The van der Waals surface area contributed by atoms with Crippen molar-refractivity contribution in [2.45, 2.75) is 33.6 Å². The van der Waals surface area contributed by atoms with Crippen LogP contribution in [0.4, 0.5) is 0 Å². The maximum atomic E-state index is 3.19. The van der Waals surface area contributed by atoms with E-state index in [1.54, 1.807) is 0 Å². The van der Waals surface area contributed by atoms with Crippen LogP contribution in [0.3, 0.4) is 0 Å². The Balaban J connectivity index is 0.000000283. The number of allylic oxidation sites excluding steroid dienone is 4. The van der Waals surface area contributed by atoms with Crippen LogP contribution < -0.4 is 0 Å². The van der Waals surface area contributed by atoms with Gasteiger partial charge in [-0.15, -0.1) is 18.3 Å². The second-order valence-corrected chi connectivity index (χ2v) is 3.84. The van der Waals surface area contributed by atoms with Crippen molar-refractivity contribution < 1.29 is 19.5 Å². The third-order valence-corrected chi connectivity index (χ3v) is 2.75. The van der Waals surface area contributed by atoms with Gasteiger partial charge >= 0.3 is 19.5 Å². The third kappa shape index (κ3) is 4.49. The Hall–Kier alpha value is -0.617. The maximum absolute atomic E-state index is 3.19. The van der Waals surface area contributed by atoms with Crippen LogP contribution in [0.2, 0.25) is 0 Å². The standard InChI is InChI=1S/C8H12N.C6H7.Ru/c1-6-5-9(4)8(3)7(6)2;1-2-4-6-5-3-1;/h1-4H3;1-3H,4,6H2;/q2*-1;+2. The van der Waals surface area contributed by atoms with Gasteiger partial charge in [0.05, 0.1) is 0 Å². The van der Waals surface area contributed by atoms with Gasteiger partial charge in [-0.3, -0.25) is 6.08 Å². The molecule has 1 heterocycles. The Morgan fingerprint density at radius 1 is 1.25 bits per heavy atom. The molecular formula is C14H19NRu. The molecule has 2 heteroatoms. The van der Waals surface area contributed by atoms with Gasteiger partial charge in [0.1, 0.15) is 0 Å². The van der Waals surface area contributed by atoms with Crippen molar-refractivity contribution in [3.63, 3.8) is 0 Å². The van der Waals surface area contributed by atoms with E-state index in [0.29, 0.717) is 0 Å². The quantitative estimate of drug-likeness (QED) is 0.511. The van der Waals surface area contributed by atoms with Crippen LogP contribution in [-0.4, -0.2) is 4.57 Å². The van der Waals surface area contributed by atoms with Gasteiger partial charge in [0.25, 0.3) is 0 Å². The number of rotatable bonds is 0. The second kappa shape index (κ2) is 7.62. The predicted octanol–water partition coefficient (Wildman–Crippen LogP) is 3.44. The molecule has 0 N–H and O–H groups in total. The summed E-state index contributed by atoms with van der Waals surface area (Å²) in [4.78, 5) is 0. The molecule has 1 aliphatic rings. The van der Waals surface area contributed by atoms with Crippen molar-refractivity contribution in [3.05, 3.63) is 47.3 Å². The van der Waals surface area contributed by atoms with E-state index in [9.17, 15) is 0 Å². The summed E-state index contributed by atoms with van der Waals surface area (Å²) in [5, 5.41) is 0. The SMILES string of the molecule is Cc1[c-]n(C)c(C)c1C.[C-]1=CC=CCC1.[Ru+2]. The topological polar surface area (TPSA) is 4.93 Å². The fraction of sp³-hybridized carbons (Fsp3) is 0.429. The van der Waals surface area contributed by atoms with E-state index in [1.807, 2.05) is 23.8 Å². The Morgan fingerprint density at radius 2 is 1.94 bits per heavy atom. The summed E-state index contributed by atoms with van der Waals surface area (Å²) < 4.78 is 2.03. The summed E-state index contributed by atoms with van der Waals surface area (Å²) in [5.41, 5.74) is 3.93. The van der Waals surface area contributed by atoms with E-state index >= 15 is 0 Å². The van der Waals surface area contributed by atoms with Gasteiger partial charge in [0.15, 0.2) is 0 Å². The van der Waals surface area contributed by atoms with Gasteiger partial charge in [-0.1, -0.05) is 27.2 Å². The summed E-state index contributed by atoms with van der Waals surface area (Å²) in [7, 11) is 2.02. The molecule has 16 heavy (non-hydrogen) atoms. The molecule has 1 aromatic rings. The van der Waals surface area contributed by atoms with E-state index in [2.05, 4.69) is 39.1 Å². The Bertz CT molecular complexity index is 338. The van der Waals surface area contributed by atoms with Crippen molar-refractivity contribution >= 4 is 0 Å². The fourth-order valence-corrected chi connectivity index (χ4v) is 1.42. The summed E-state index contributed by atoms with van der Waals surface area (Å²) in [6.45, 7) is 6.32. The Morgan fingerprint density at radius 3 is 2.06 bits per heavy atom. The van der Waals surface area contributed by atoms with Crippen LogP contribution in [0.5, 0.6) is 0 Å². The van der Waals surface area contributed by atoms with Crippen LogP contribution in [-0.2, 0) is 26.5 Å². The summed E-state index contributed by atoms with van der Waals surface area (Å²) in [6, 6.07) is 0. The summed E-state index contributed by atoms with van der Waals surface area (Å²) >= 11 is 0. The molecule has 0 aromatic carbocycles. The minimum Gasteiger partial charge on any atom is -0.470 e. The number of hydrogen-bond donors (Lipinski definition) is 0. The number of aryl methyl sites for hydroxylation is 2. The molecule has 0 amide bonds. The van der Waals surface area contributed by atoms with Gasteiger partial charge in [-0.2, -0.15) is 17.2 Å². The van der Waals surface area contributed by atoms with E-state index in [1.165, 1.54) is 23.2 Å². The zero-order chi connectivity index (χ0) is 11.3. The molecule has 0 saturated carbocycles. The van der Waals surface area contributed by atoms with Gasteiger partial charge < -0.3 is 4.57 Å². The van der Waals surface area contributed by atoms with Crippen LogP contribution >= 0.6 is 0 Å². The predicted molar refractivity (Wildman–Crippen MR) is 64.6 cm³/mol. The second-order valence-electron chi connectivity index (χ2n) is 3.84. The molecule has 0 spiro atoms. The zero-order valence-corrected chi connectivity index (χ0v) is 12.2. The number of hydrogen-bond acceptors (Lipinski definition) is 0. The van der Waals surface area contributed by atoms with Gasteiger partial charge in [0.2, 0.25) is 0 Å². The Kier molecular flexibility index (Phi) is 7.33. The van der Waals surface area contributed by atoms with Crippen molar-refractivity contribution in [2.24, 2.45) is 7.05 Å². The molecule has 1 aliphatic carbocycles. The van der Waals surface area contributed by atoms with Gasteiger partial charge in [0, 0.05) is 0 Å². The first-order chi connectivity index (χ1) is 7.13. The van der Waals surface area contributed by atoms with Crippen molar-refractivity contribution in [2.75, 3.05) is 0 Å². The van der Waals surface area contributed by atoms with Gasteiger partial charge in [-0.05, 0) is 7.05 Å². The first-order valence-corrected chi connectivity index (χ1v) is 5.36. The zero-order valence-electron chi connectivity index (χ0n) is 10.4. The van der Waals surface area contributed by atoms with Crippen molar-refractivity contribution in [1.29, 1.82) is 0 Å². The molecule has 0 fully saturated rings. The summed E-state index contributed by atoms with van der Waals surface area (Å²) in [6.07, 6.45) is 14.7. The molecule has 0 atom stereocenters.